The lowest BCUT2D eigenvalue weighted by Gasteiger charge is -2.14. The topological polar surface area (TPSA) is 63.6 Å². The number of ether oxygens (including phenoxy) is 1. The van der Waals surface area contributed by atoms with E-state index in [1.54, 1.807) is 42.5 Å². The highest BCUT2D eigenvalue weighted by molar-refractivity contribution is 6.30. The van der Waals surface area contributed by atoms with E-state index in [9.17, 15) is 14.7 Å². The van der Waals surface area contributed by atoms with Crippen LogP contribution in [-0.2, 0) is 4.74 Å². The van der Waals surface area contributed by atoms with Gasteiger partial charge in [-0.3, -0.25) is 4.79 Å². The first-order valence-electron chi connectivity index (χ1n) is 7.69. The third kappa shape index (κ3) is 3.49. The summed E-state index contributed by atoms with van der Waals surface area (Å²) in [5, 5.41) is 12.2. The Morgan fingerprint density at radius 1 is 1.00 bits per heavy atom. The lowest BCUT2D eigenvalue weighted by atomic mass is 10.0. The van der Waals surface area contributed by atoms with Crippen LogP contribution in [0.4, 0.5) is 0 Å². The number of carbonyl (C=O) groups excluding carboxylic acids is 2. The zero-order chi connectivity index (χ0) is 18.0. The van der Waals surface area contributed by atoms with Gasteiger partial charge in [0.15, 0.2) is 6.10 Å². The van der Waals surface area contributed by atoms with Crippen LogP contribution in [0, 0.1) is 0 Å². The minimum Gasteiger partial charge on any atom is -0.506 e. The zero-order valence-electron chi connectivity index (χ0n) is 13.4. The van der Waals surface area contributed by atoms with Gasteiger partial charge < -0.3 is 9.84 Å². The second-order valence-corrected chi connectivity index (χ2v) is 6.04. The van der Waals surface area contributed by atoms with Gasteiger partial charge in [-0.1, -0.05) is 41.9 Å². The van der Waals surface area contributed by atoms with E-state index in [0.717, 1.165) is 5.39 Å². The number of carbonyl (C=O) groups is 2. The Hall–Kier alpha value is -2.85. The van der Waals surface area contributed by atoms with E-state index in [-0.39, 0.29) is 17.1 Å². The Morgan fingerprint density at radius 2 is 1.68 bits per heavy atom. The average Bonchev–Trinajstić information content (AvgIpc) is 2.62. The standard InChI is InChI=1S/C20H15ClO4/c1-12(18(22)14-6-9-15(21)10-7-14)25-20(24)17-11-8-13-4-2-3-5-16(13)19(17)23/h2-12,23H,1H3/t12-/m0/s1. The van der Waals surface area contributed by atoms with Crippen molar-refractivity contribution in [3.63, 3.8) is 0 Å². The van der Waals surface area contributed by atoms with E-state index in [1.165, 1.54) is 13.0 Å². The molecule has 0 aromatic heterocycles. The summed E-state index contributed by atoms with van der Waals surface area (Å²) in [6, 6.07) is 16.7. The van der Waals surface area contributed by atoms with Crippen molar-refractivity contribution in [3.05, 3.63) is 76.8 Å². The quantitative estimate of drug-likeness (QED) is 0.548. The highest BCUT2D eigenvalue weighted by Gasteiger charge is 2.22. The van der Waals surface area contributed by atoms with E-state index >= 15 is 0 Å². The molecule has 0 aliphatic heterocycles. The first-order chi connectivity index (χ1) is 12.0. The number of hydrogen-bond donors (Lipinski definition) is 1. The first kappa shape index (κ1) is 17.0. The predicted octanol–water partition coefficient (Wildman–Crippen LogP) is 4.63. The van der Waals surface area contributed by atoms with Gasteiger partial charge in [0.1, 0.15) is 11.3 Å². The molecule has 4 nitrogen and oxygen atoms in total. The molecule has 0 saturated heterocycles. The van der Waals surface area contributed by atoms with Crippen LogP contribution >= 0.6 is 11.6 Å². The fraction of sp³-hybridized carbons (Fsp3) is 0.100. The number of Topliss-reactive ketones (excluding diaryl/α,β-unsaturated/α-hetero) is 1. The van der Waals surface area contributed by atoms with Crippen molar-refractivity contribution < 1.29 is 19.4 Å². The van der Waals surface area contributed by atoms with Crippen molar-refractivity contribution in [3.8, 4) is 5.75 Å². The van der Waals surface area contributed by atoms with Crippen LogP contribution in [-0.4, -0.2) is 23.0 Å². The summed E-state index contributed by atoms with van der Waals surface area (Å²) in [5.41, 5.74) is 0.418. The number of fused-ring (bicyclic) bond motifs is 1. The number of phenolic OH excluding ortho intramolecular Hbond substituents is 1. The predicted molar refractivity (Wildman–Crippen MR) is 96.3 cm³/mol. The molecule has 0 heterocycles. The minimum absolute atomic E-state index is 0.0226. The molecule has 0 saturated carbocycles. The van der Waals surface area contributed by atoms with Gasteiger partial charge in [0.05, 0.1) is 0 Å². The molecule has 5 heteroatoms. The number of phenols is 1. The maximum Gasteiger partial charge on any atom is 0.342 e. The Balaban J connectivity index is 1.81. The number of hydrogen-bond acceptors (Lipinski definition) is 4. The summed E-state index contributed by atoms with van der Waals surface area (Å²) in [5.74, 6) is -1.25. The van der Waals surface area contributed by atoms with Gasteiger partial charge in [-0.25, -0.2) is 4.79 Å². The second kappa shape index (κ2) is 6.95. The van der Waals surface area contributed by atoms with Gasteiger partial charge >= 0.3 is 5.97 Å². The summed E-state index contributed by atoms with van der Waals surface area (Å²) < 4.78 is 5.23. The SMILES string of the molecule is C[C@H](OC(=O)c1ccc2ccccc2c1O)C(=O)c1ccc(Cl)cc1. The Labute approximate surface area is 149 Å². The van der Waals surface area contributed by atoms with E-state index in [2.05, 4.69) is 0 Å². The zero-order valence-corrected chi connectivity index (χ0v) is 14.2. The maximum absolute atomic E-state index is 12.4. The smallest absolute Gasteiger partial charge is 0.342 e. The summed E-state index contributed by atoms with van der Waals surface area (Å²) in [6.07, 6.45) is -0.987. The van der Waals surface area contributed by atoms with Gasteiger partial charge in [0.25, 0.3) is 0 Å². The molecule has 3 aromatic rings. The Morgan fingerprint density at radius 3 is 2.40 bits per heavy atom. The van der Waals surface area contributed by atoms with Gasteiger partial charge in [-0.15, -0.1) is 0 Å². The van der Waals surface area contributed by atoms with Crippen molar-refractivity contribution in [1.29, 1.82) is 0 Å². The van der Waals surface area contributed by atoms with Gasteiger partial charge in [0.2, 0.25) is 5.78 Å². The monoisotopic (exact) mass is 354 g/mol. The summed E-state index contributed by atoms with van der Waals surface area (Å²) in [7, 11) is 0. The molecule has 0 aliphatic carbocycles. The van der Waals surface area contributed by atoms with Crippen molar-refractivity contribution >= 4 is 34.1 Å². The minimum atomic E-state index is -0.987. The fourth-order valence-electron chi connectivity index (χ4n) is 2.55. The van der Waals surface area contributed by atoms with Gasteiger partial charge in [-0.05, 0) is 42.6 Å². The average molecular weight is 355 g/mol. The summed E-state index contributed by atoms with van der Waals surface area (Å²) in [4.78, 5) is 24.7. The van der Waals surface area contributed by atoms with Gasteiger partial charge in [-0.2, -0.15) is 0 Å². The molecule has 0 aliphatic rings. The molecule has 3 rings (SSSR count). The van der Waals surface area contributed by atoms with Crippen molar-refractivity contribution in [1.82, 2.24) is 0 Å². The molecular weight excluding hydrogens is 340 g/mol. The fourth-order valence-corrected chi connectivity index (χ4v) is 2.67. The third-order valence-electron chi connectivity index (χ3n) is 3.90. The van der Waals surface area contributed by atoms with E-state index < -0.39 is 12.1 Å². The van der Waals surface area contributed by atoms with Crippen LogP contribution < -0.4 is 0 Å². The molecule has 126 valence electrons. The second-order valence-electron chi connectivity index (χ2n) is 5.60. The van der Waals surface area contributed by atoms with Gasteiger partial charge in [0, 0.05) is 16.0 Å². The number of benzene rings is 3. The molecule has 1 atom stereocenters. The van der Waals surface area contributed by atoms with Crippen LogP contribution in [0.1, 0.15) is 27.6 Å². The van der Waals surface area contributed by atoms with Crippen LogP contribution in [0.3, 0.4) is 0 Å². The van der Waals surface area contributed by atoms with Crippen LogP contribution in [0.25, 0.3) is 10.8 Å². The van der Waals surface area contributed by atoms with Crippen molar-refractivity contribution in [2.75, 3.05) is 0 Å². The number of aromatic hydroxyl groups is 1. The molecule has 0 radical (unpaired) electrons. The van der Waals surface area contributed by atoms with E-state index in [4.69, 9.17) is 16.3 Å². The normalized spacial score (nSPS) is 11.9. The number of ketones is 1. The number of rotatable bonds is 4. The summed E-state index contributed by atoms with van der Waals surface area (Å²) >= 11 is 5.80. The molecule has 0 fully saturated rings. The first-order valence-corrected chi connectivity index (χ1v) is 8.06. The Kier molecular flexibility index (Phi) is 4.72. The molecule has 25 heavy (non-hydrogen) atoms. The largest absolute Gasteiger partial charge is 0.506 e. The molecule has 1 N–H and O–H groups in total. The lowest BCUT2D eigenvalue weighted by Crippen LogP contribution is -2.24. The van der Waals surface area contributed by atoms with Crippen LogP contribution in [0.15, 0.2) is 60.7 Å². The van der Waals surface area contributed by atoms with E-state index in [0.29, 0.717) is 16.0 Å². The van der Waals surface area contributed by atoms with Crippen molar-refractivity contribution in [2.24, 2.45) is 0 Å². The molecule has 3 aromatic carbocycles. The highest BCUT2D eigenvalue weighted by Crippen LogP contribution is 2.29. The molecule has 0 spiro atoms. The van der Waals surface area contributed by atoms with Crippen LogP contribution in [0.2, 0.25) is 5.02 Å². The van der Waals surface area contributed by atoms with Crippen LogP contribution in [0.5, 0.6) is 5.75 Å². The molecule has 0 amide bonds. The summed E-state index contributed by atoms with van der Waals surface area (Å²) in [6.45, 7) is 1.49. The number of halogens is 1. The van der Waals surface area contributed by atoms with Crippen molar-refractivity contribution in [2.45, 2.75) is 13.0 Å². The molecule has 0 bridgehead atoms. The third-order valence-corrected chi connectivity index (χ3v) is 4.15. The Bertz CT molecular complexity index is 948. The van der Waals surface area contributed by atoms with E-state index in [1.807, 2.05) is 12.1 Å². The molecular formula is C20H15ClO4. The highest BCUT2D eigenvalue weighted by atomic mass is 35.5. The maximum atomic E-state index is 12.4. The molecule has 0 unspecified atom stereocenters. The lowest BCUT2D eigenvalue weighted by molar-refractivity contribution is 0.0316. The number of esters is 1.